The topological polar surface area (TPSA) is 35.2 Å². The molecule has 0 spiro atoms. The first kappa shape index (κ1) is 7.87. The SMILES string of the molecule is NC1=CCC(OCC2CC2)C=C1. The quantitative estimate of drug-likeness (QED) is 0.689. The van der Waals surface area contributed by atoms with Gasteiger partial charge in [-0.15, -0.1) is 0 Å². The standard InChI is InChI=1S/C10H15NO/c11-9-3-5-10(6-4-9)12-7-8-1-2-8/h3-5,8,10H,1-2,6-7,11H2. The van der Waals surface area contributed by atoms with Crippen molar-refractivity contribution in [1.82, 2.24) is 0 Å². The van der Waals surface area contributed by atoms with Gasteiger partial charge in [0.05, 0.1) is 12.7 Å². The molecule has 0 heterocycles. The minimum absolute atomic E-state index is 0.276. The van der Waals surface area contributed by atoms with Gasteiger partial charge in [-0.1, -0.05) is 12.2 Å². The number of ether oxygens (including phenoxy) is 1. The second kappa shape index (κ2) is 3.31. The van der Waals surface area contributed by atoms with E-state index in [-0.39, 0.29) is 6.10 Å². The fourth-order valence-electron chi connectivity index (χ4n) is 1.29. The Balaban J connectivity index is 1.72. The van der Waals surface area contributed by atoms with Crippen LogP contribution in [0.25, 0.3) is 0 Å². The van der Waals surface area contributed by atoms with Crippen molar-refractivity contribution in [1.29, 1.82) is 0 Å². The largest absolute Gasteiger partial charge is 0.399 e. The van der Waals surface area contributed by atoms with Crippen molar-refractivity contribution in [3.05, 3.63) is 23.9 Å². The van der Waals surface area contributed by atoms with Crippen LogP contribution in [-0.2, 0) is 4.74 Å². The van der Waals surface area contributed by atoms with E-state index in [0.717, 1.165) is 24.6 Å². The molecule has 0 bridgehead atoms. The molecule has 66 valence electrons. The molecule has 0 radical (unpaired) electrons. The molecule has 2 rings (SSSR count). The molecule has 0 amide bonds. The number of hydrogen-bond acceptors (Lipinski definition) is 2. The molecule has 1 atom stereocenters. The maximum Gasteiger partial charge on any atom is 0.0794 e. The zero-order chi connectivity index (χ0) is 8.39. The van der Waals surface area contributed by atoms with E-state index in [1.165, 1.54) is 12.8 Å². The Hall–Kier alpha value is -0.760. The lowest BCUT2D eigenvalue weighted by Gasteiger charge is -2.15. The number of hydrogen-bond donors (Lipinski definition) is 1. The molecule has 2 aliphatic carbocycles. The van der Waals surface area contributed by atoms with Crippen molar-refractivity contribution < 1.29 is 4.74 Å². The summed E-state index contributed by atoms with van der Waals surface area (Å²) < 4.78 is 5.67. The van der Waals surface area contributed by atoms with E-state index in [1.54, 1.807) is 0 Å². The van der Waals surface area contributed by atoms with E-state index >= 15 is 0 Å². The molecule has 2 aliphatic rings. The van der Waals surface area contributed by atoms with Gasteiger partial charge in [0.2, 0.25) is 0 Å². The molecule has 0 aromatic carbocycles. The first-order valence-corrected chi connectivity index (χ1v) is 4.60. The molecule has 1 unspecified atom stereocenters. The first-order valence-electron chi connectivity index (χ1n) is 4.60. The van der Waals surface area contributed by atoms with E-state index in [2.05, 4.69) is 6.08 Å². The summed E-state index contributed by atoms with van der Waals surface area (Å²) >= 11 is 0. The van der Waals surface area contributed by atoms with Crippen molar-refractivity contribution in [3.8, 4) is 0 Å². The number of allylic oxidation sites excluding steroid dienone is 1. The van der Waals surface area contributed by atoms with Crippen molar-refractivity contribution in [2.75, 3.05) is 6.61 Å². The van der Waals surface area contributed by atoms with Crippen LogP contribution in [0.1, 0.15) is 19.3 Å². The summed E-state index contributed by atoms with van der Waals surface area (Å²) in [5.41, 5.74) is 6.45. The summed E-state index contributed by atoms with van der Waals surface area (Å²) in [6, 6.07) is 0. The van der Waals surface area contributed by atoms with Gasteiger partial charge in [-0.25, -0.2) is 0 Å². The maximum atomic E-state index is 5.67. The van der Waals surface area contributed by atoms with Gasteiger partial charge in [-0.2, -0.15) is 0 Å². The summed E-state index contributed by atoms with van der Waals surface area (Å²) in [5.74, 6) is 0.849. The molecule has 1 fully saturated rings. The highest BCUT2D eigenvalue weighted by Crippen LogP contribution is 2.29. The molecule has 2 N–H and O–H groups in total. The summed E-state index contributed by atoms with van der Waals surface area (Å²) in [5, 5.41) is 0. The molecule has 0 aromatic heterocycles. The fourth-order valence-corrected chi connectivity index (χ4v) is 1.29. The van der Waals surface area contributed by atoms with E-state index < -0.39 is 0 Å². The molecular weight excluding hydrogens is 150 g/mol. The summed E-state index contributed by atoms with van der Waals surface area (Å²) in [4.78, 5) is 0. The van der Waals surface area contributed by atoms with Crippen LogP contribution >= 0.6 is 0 Å². The minimum atomic E-state index is 0.276. The minimum Gasteiger partial charge on any atom is -0.399 e. The van der Waals surface area contributed by atoms with E-state index in [4.69, 9.17) is 10.5 Å². The normalized spacial score (nSPS) is 28.7. The average Bonchev–Trinajstić information content (AvgIpc) is 2.87. The highest BCUT2D eigenvalue weighted by molar-refractivity contribution is 5.21. The third-order valence-electron chi connectivity index (χ3n) is 2.33. The fraction of sp³-hybridized carbons (Fsp3) is 0.600. The van der Waals surface area contributed by atoms with Crippen LogP contribution in [0.5, 0.6) is 0 Å². The summed E-state index contributed by atoms with van der Waals surface area (Å²) in [6.07, 6.45) is 9.94. The maximum absolute atomic E-state index is 5.67. The Morgan fingerprint density at radius 2 is 2.33 bits per heavy atom. The van der Waals surface area contributed by atoms with Gasteiger partial charge in [-0.3, -0.25) is 0 Å². The van der Waals surface area contributed by atoms with Gasteiger partial charge in [-0.05, 0) is 31.3 Å². The predicted molar refractivity (Wildman–Crippen MR) is 48.5 cm³/mol. The molecule has 0 saturated heterocycles. The number of nitrogens with two attached hydrogens (primary N) is 1. The lowest BCUT2D eigenvalue weighted by atomic mass is 10.1. The molecular formula is C10H15NO. The van der Waals surface area contributed by atoms with Gasteiger partial charge in [0, 0.05) is 5.70 Å². The van der Waals surface area contributed by atoms with Crippen LogP contribution in [0.4, 0.5) is 0 Å². The van der Waals surface area contributed by atoms with Crippen molar-refractivity contribution in [3.63, 3.8) is 0 Å². The van der Waals surface area contributed by atoms with Crippen molar-refractivity contribution >= 4 is 0 Å². The van der Waals surface area contributed by atoms with Crippen LogP contribution in [0.3, 0.4) is 0 Å². The Morgan fingerprint density at radius 3 is 2.92 bits per heavy atom. The molecule has 12 heavy (non-hydrogen) atoms. The Kier molecular flexibility index (Phi) is 2.17. The smallest absolute Gasteiger partial charge is 0.0794 e. The zero-order valence-corrected chi connectivity index (χ0v) is 7.20. The van der Waals surface area contributed by atoms with Gasteiger partial charge in [0.25, 0.3) is 0 Å². The van der Waals surface area contributed by atoms with E-state index in [1.807, 2.05) is 12.2 Å². The lowest BCUT2D eigenvalue weighted by molar-refractivity contribution is 0.0779. The lowest BCUT2D eigenvalue weighted by Crippen LogP contribution is -2.14. The zero-order valence-electron chi connectivity index (χ0n) is 7.20. The molecule has 2 nitrogen and oxygen atoms in total. The molecule has 0 aliphatic heterocycles. The molecule has 1 saturated carbocycles. The van der Waals surface area contributed by atoms with Gasteiger partial charge < -0.3 is 10.5 Å². The van der Waals surface area contributed by atoms with Gasteiger partial charge in [0.1, 0.15) is 0 Å². The van der Waals surface area contributed by atoms with Gasteiger partial charge >= 0.3 is 0 Å². The third kappa shape index (κ3) is 2.11. The van der Waals surface area contributed by atoms with E-state index in [0.29, 0.717) is 0 Å². The van der Waals surface area contributed by atoms with Crippen LogP contribution in [0.2, 0.25) is 0 Å². The van der Waals surface area contributed by atoms with Crippen molar-refractivity contribution in [2.24, 2.45) is 11.7 Å². The highest BCUT2D eigenvalue weighted by atomic mass is 16.5. The second-order valence-electron chi connectivity index (χ2n) is 3.61. The Morgan fingerprint density at radius 1 is 1.50 bits per heavy atom. The average molecular weight is 165 g/mol. The highest BCUT2D eigenvalue weighted by Gasteiger charge is 2.22. The molecule has 2 heteroatoms. The first-order chi connectivity index (χ1) is 5.84. The van der Waals surface area contributed by atoms with Crippen LogP contribution < -0.4 is 5.73 Å². The molecule has 0 aromatic rings. The Labute approximate surface area is 73.1 Å². The summed E-state index contributed by atoms with van der Waals surface area (Å²) in [6.45, 7) is 0.933. The number of rotatable bonds is 3. The van der Waals surface area contributed by atoms with Crippen molar-refractivity contribution in [2.45, 2.75) is 25.4 Å². The third-order valence-corrected chi connectivity index (χ3v) is 2.33. The summed E-state index contributed by atoms with van der Waals surface area (Å²) in [7, 11) is 0. The van der Waals surface area contributed by atoms with Crippen LogP contribution in [-0.4, -0.2) is 12.7 Å². The monoisotopic (exact) mass is 165 g/mol. The van der Waals surface area contributed by atoms with E-state index in [9.17, 15) is 0 Å². The van der Waals surface area contributed by atoms with Gasteiger partial charge in [0.15, 0.2) is 0 Å². The van der Waals surface area contributed by atoms with Crippen LogP contribution in [0, 0.1) is 5.92 Å². The Bertz CT molecular complexity index is 216. The predicted octanol–water partition coefficient (Wildman–Crippen LogP) is 1.58. The second-order valence-corrected chi connectivity index (χ2v) is 3.61. The van der Waals surface area contributed by atoms with Crippen LogP contribution in [0.15, 0.2) is 23.9 Å².